The number of likely N-dealkylation sites (tertiary alicyclic amines) is 1. The molecule has 0 aliphatic carbocycles. The molecule has 1 aliphatic heterocycles. The Hall–Kier alpha value is -0.860. The van der Waals surface area contributed by atoms with Crippen LogP contribution in [0, 0.1) is 11.8 Å². The van der Waals surface area contributed by atoms with Gasteiger partial charge < -0.3 is 10.6 Å². The molecule has 0 radical (unpaired) electrons. The maximum absolute atomic E-state index is 5.68. The van der Waals surface area contributed by atoms with Gasteiger partial charge in [0.15, 0.2) is 0 Å². The molecule has 0 amide bonds. The van der Waals surface area contributed by atoms with Crippen LogP contribution in [0.25, 0.3) is 0 Å². The van der Waals surface area contributed by atoms with Crippen molar-refractivity contribution in [3.8, 4) is 0 Å². The minimum Gasteiger partial charge on any atom is -0.330 e. The lowest BCUT2D eigenvalue weighted by Gasteiger charge is -2.32. The van der Waals surface area contributed by atoms with Crippen molar-refractivity contribution in [3.63, 3.8) is 0 Å². The molecule has 1 aromatic carbocycles. The third-order valence-corrected chi connectivity index (χ3v) is 4.41. The van der Waals surface area contributed by atoms with Gasteiger partial charge in [0.25, 0.3) is 0 Å². The van der Waals surface area contributed by atoms with E-state index in [4.69, 9.17) is 5.73 Å². The summed E-state index contributed by atoms with van der Waals surface area (Å²) < 4.78 is 0. The van der Waals surface area contributed by atoms with E-state index in [0.717, 1.165) is 12.5 Å². The molecular formula is C17H28N2. The average Bonchev–Trinajstić information content (AvgIpc) is 2.47. The number of piperidine rings is 1. The minimum absolute atomic E-state index is 0.669. The monoisotopic (exact) mass is 260 g/mol. The highest BCUT2D eigenvalue weighted by Crippen LogP contribution is 2.22. The Labute approximate surface area is 118 Å². The highest BCUT2D eigenvalue weighted by molar-refractivity contribution is 5.15. The highest BCUT2D eigenvalue weighted by Gasteiger charge is 2.19. The van der Waals surface area contributed by atoms with Gasteiger partial charge in [0.1, 0.15) is 0 Å². The number of hydrogen-bond acceptors (Lipinski definition) is 2. The van der Waals surface area contributed by atoms with Crippen molar-refractivity contribution in [3.05, 3.63) is 35.9 Å². The third-order valence-electron chi connectivity index (χ3n) is 4.41. The summed E-state index contributed by atoms with van der Waals surface area (Å²) >= 11 is 0. The molecule has 1 unspecified atom stereocenters. The van der Waals surface area contributed by atoms with Crippen LogP contribution in [0.1, 0.15) is 31.7 Å². The maximum atomic E-state index is 5.68. The molecule has 0 bridgehead atoms. The number of rotatable bonds is 6. The fraction of sp³-hybridized carbons (Fsp3) is 0.647. The van der Waals surface area contributed by atoms with E-state index in [1.807, 2.05) is 0 Å². The second kappa shape index (κ2) is 7.66. The lowest BCUT2D eigenvalue weighted by atomic mass is 9.90. The van der Waals surface area contributed by atoms with Gasteiger partial charge in [-0.05, 0) is 69.3 Å². The SMILES string of the molecule is CC(CN)CCN1CCC(Cc2ccccc2)CC1. The molecule has 1 atom stereocenters. The van der Waals surface area contributed by atoms with Gasteiger partial charge in [-0.2, -0.15) is 0 Å². The van der Waals surface area contributed by atoms with Crippen LogP contribution in [0.15, 0.2) is 30.3 Å². The molecule has 19 heavy (non-hydrogen) atoms. The summed E-state index contributed by atoms with van der Waals surface area (Å²) in [5.41, 5.74) is 7.17. The Bertz CT molecular complexity index is 342. The summed E-state index contributed by atoms with van der Waals surface area (Å²) in [5.74, 6) is 1.55. The van der Waals surface area contributed by atoms with E-state index in [1.54, 1.807) is 0 Å². The predicted octanol–water partition coefficient (Wildman–Crippen LogP) is 2.93. The van der Waals surface area contributed by atoms with Gasteiger partial charge in [-0.3, -0.25) is 0 Å². The summed E-state index contributed by atoms with van der Waals surface area (Å²) in [4.78, 5) is 2.62. The first kappa shape index (κ1) is 14.5. The van der Waals surface area contributed by atoms with Crippen molar-refractivity contribution >= 4 is 0 Å². The van der Waals surface area contributed by atoms with Gasteiger partial charge in [0.2, 0.25) is 0 Å². The van der Waals surface area contributed by atoms with Crippen LogP contribution in [0.2, 0.25) is 0 Å². The molecule has 2 heteroatoms. The normalized spacial score (nSPS) is 19.5. The Morgan fingerprint density at radius 1 is 1.21 bits per heavy atom. The zero-order valence-electron chi connectivity index (χ0n) is 12.2. The van der Waals surface area contributed by atoms with Crippen LogP contribution in [0.3, 0.4) is 0 Å². The van der Waals surface area contributed by atoms with Crippen molar-refractivity contribution in [1.29, 1.82) is 0 Å². The van der Waals surface area contributed by atoms with Gasteiger partial charge >= 0.3 is 0 Å². The molecule has 1 heterocycles. The molecular weight excluding hydrogens is 232 g/mol. The van der Waals surface area contributed by atoms with Gasteiger partial charge in [0.05, 0.1) is 0 Å². The highest BCUT2D eigenvalue weighted by atomic mass is 15.1. The van der Waals surface area contributed by atoms with Crippen LogP contribution in [-0.2, 0) is 6.42 Å². The molecule has 2 nitrogen and oxygen atoms in total. The van der Waals surface area contributed by atoms with Crippen molar-refractivity contribution in [1.82, 2.24) is 4.90 Å². The number of nitrogens with two attached hydrogens (primary N) is 1. The molecule has 1 fully saturated rings. The van der Waals surface area contributed by atoms with Gasteiger partial charge in [-0.1, -0.05) is 37.3 Å². The van der Waals surface area contributed by atoms with Crippen molar-refractivity contribution < 1.29 is 0 Å². The molecule has 0 spiro atoms. The smallest absolute Gasteiger partial charge is 0.00157 e. The predicted molar refractivity (Wildman–Crippen MR) is 82.1 cm³/mol. The van der Waals surface area contributed by atoms with Crippen LogP contribution in [0.5, 0.6) is 0 Å². The summed E-state index contributed by atoms with van der Waals surface area (Å²) in [5, 5.41) is 0. The van der Waals surface area contributed by atoms with Crippen molar-refractivity contribution in [2.75, 3.05) is 26.2 Å². The molecule has 0 aromatic heterocycles. The largest absolute Gasteiger partial charge is 0.330 e. The lowest BCUT2D eigenvalue weighted by molar-refractivity contribution is 0.175. The van der Waals surface area contributed by atoms with E-state index in [0.29, 0.717) is 5.92 Å². The number of nitrogens with zero attached hydrogens (tertiary/aromatic N) is 1. The van der Waals surface area contributed by atoms with E-state index in [9.17, 15) is 0 Å². The molecule has 0 saturated carbocycles. The lowest BCUT2D eigenvalue weighted by Crippen LogP contribution is -2.36. The first-order chi connectivity index (χ1) is 9.28. The van der Waals surface area contributed by atoms with E-state index < -0.39 is 0 Å². The van der Waals surface area contributed by atoms with Crippen LogP contribution in [0.4, 0.5) is 0 Å². The summed E-state index contributed by atoms with van der Waals surface area (Å²) in [6.45, 7) is 6.85. The molecule has 1 aromatic rings. The topological polar surface area (TPSA) is 29.3 Å². The Morgan fingerprint density at radius 2 is 1.89 bits per heavy atom. The molecule has 1 saturated heterocycles. The minimum atomic E-state index is 0.669. The number of benzene rings is 1. The van der Waals surface area contributed by atoms with E-state index in [-0.39, 0.29) is 0 Å². The van der Waals surface area contributed by atoms with Crippen LogP contribution in [-0.4, -0.2) is 31.1 Å². The van der Waals surface area contributed by atoms with E-state index >= 15 is 0 Å². The zero-order valence-corrected chi connectivity index (χ0v) is 12.2. The first-order valence-corrected chi connectivity index (χ1v) is 7.74. The van der Waals surface area contributed by atoms with Crippen LogP contribution < -0.4 is 5.73 Å². The molecule has 1 aliphatic rings. The molecule has 106 valence electrons. The van der Waals surface area contributed by atoms with Gasteiger partial charge in [0, 0.05) is 0 Å². The van der Waals surface area contributed by atoms with Crippen molar-refractivity contribution in [2.24, 2.45) is 17.6 Å². The summed E-state index contributed by atoms with van der Waals surface area (Å²) in [6, 6.07) is 10.9. The Kier molecular flexibility index (Phi) is 5.87. The second-order valence-corrected chi connectivity index (χ2v) is 6.10. The Morgan fingerprint density at radius 3 is 2.53 bits per heavy atom. The van der Waals surface area contributed by atoms with Gasteiger partial charge in [-0.15, -0.1) is 0 Å². The molecule has 2 rings (SSSR count). The Balaban J connectivity index is 1.68. The zero-order chi connectivity index (χ0) is 13.5. The summed E-state index contributed by atoms with van der Waals surface area (Å²) in [6.07, 6.45) is 5.21. The fourth-order valence-electron chi connectivity index (χ4n) is 2.88. The number of hydrogen-bond donors (Lipinski definition) is 1. The van der Waals surface area contributed by atoms with Crippen molar-refractivity contribution in [2.45, 2.75) is 32.6 Å². The van der Waals surface area contributed by atoms with E-state index in [1.165, 1.54) is 50.9 Å². The summed E-state index contributed by atoms with van der Waals surface area (Å²) in [7, 11) is 0. The van der Waals surface area contributed by atoms with Crippen LogP contribution >= 0.6 is 0 Å². The fourth-order valence-corrected chi connectivity index (χ4v) is 2.88. The third kappa shape index (κ3) is 4.96. The molecule has 2 N–H and O–H groups in total. The first-order valence-electron chi connectivity index (χ1n) is 7.74. The standard InChI is InChI=1S/C17H28N2/c1-15(14-18)7-10-19-11-8-17(9-12-19)13-16-5-3-2-4-6-16/h2-6,15,17H,7-14,18H2,1H3. The average molecular weight is 260 g/mol. The second-order valence-electron chi connectivity index (χ2n) is 6.10. The van der Waals surface area contributed by atoms with E-state index in [2.05, 4.69) is 42.2 Å². The van der Waals surface area contributed by atoms with Gasteiger partial charge in [-0.25, -0.2) is 0 Å². The quantitative estimate of drug-likeness (QED) is 0.852. The maximum Gasteiger partial charge on any atom is -0.00157 e.